The molecule has 0 radical (unpaired) electrons. The number of halogens is 2. The van der Waals surface area contributed by atoms with Gasteiger partial charge in [0.05, 0.1) is 0 Å². The Morgan fingerprint density at radius 3 is 2.74 bits per heavy atom. The maximum absolute atomic E-state index is 4.27. The molecule has 2 aromatic rings. The van der Waals surface area contributed by atoms with E-state index in [9.17, 15) is 0 Å². The number of aromatic nitrogens is 3. The SMILES string of the molecule is CCc1nncn1CCNC(=NC)NCCCCSc1ccccc1Br.I. The molecule has 0 aliphatic carbocycles. The van der Waals surface area contributed by atoms with Gasteiger partial charge in [-0.3, -0.25) is 4.99 Å². The minimum Gasteiger partial charge on any atom is -0.356 e. The fourth-order valence-electron chi connectivity index (χ4n) is 2.43. The Kier molecular flexibility index (Phi) is 12.8. The van der Waals surface area contributed by atoms with Crippen molar-refractivity contribution >= 4 is 57.6 Å². The van der Waals surface area contributed by atoms with Crippen molar-refractivity contribution in [3.05, 3.63) is 40.9 Å². The van der Waals surface area contributed by atoms with Crippen LogP contribution < -0.4 is 10.6 Å². The molecule has 0 spiro atoms. The molecule has 1 heterocycles. The molecule has 6 nitrogen and oxygen atoms in total. The zero-order chi connectivity index (χ0) is 18.6. The molecule has 0 amide bonds. The number of aliphatic imine (C=N–C) groups is 1. The van der Waals surface area contributed by atoms with Crippen molar-refractivity contribution in [1.29, 1.82) is 0 Å². The van der Waals surface area contributed by atoms with E-state index in [-0.39, 0.29) is 24.0 Å². The molecular formula is C18H28BrIN6S. The lowest BCUT2D eigenvalue weighted by Crippen LogP contribution is -2.39. The molecule has 150 valence electrons. The van der Waals surface area contributed by atoms with E-state index < -0.39 is 0 Å². The summed E-state index contributed by atoms with van der Waals surface area (Å²) >= 11 is 5.48. The molecule has 0 aliphatic heterocycles. The number of benzene rings is 1. The third kappa shape index (κ3) is 8.82. The Labute approximate surface area is 191 Å². The number of hydrogen-bond acceptors (Lipinski definition) is 4. The van der Waals surface area contributed by atoms with Gasteiger partial charge in [-0.25, -0.2) is 0 Å². The molecule has 27 heavy (non-hydrogen) atoms. The molecule has 0 fully saturated rings. The van der Waals surface area contributed by atoms with Crippen molar-refractivity contribution in [2.45, 2.75) is 37.6 Å². The number of guanidine groups is 1. The maximum Gasteiger partial charge on any atom is 0.191 e. The van der Waals surface area contributed by atoms with Crippen LogP contribution in [0.4, 0.5) is 0 Å². The van der Waals surface area contributed by atoms with Crippen LogP contribution >= 0.6 is 51.7 Å². The van der Waals surface area contributed by atoms with E-state index in [1.165, 1.54) is 9.37 Å². The van der Waals surface area contributed by atoms with E-state index in [1.54, 1.807) is 13.4 Å². The number of rotatable bonds is 10. The van der Waals surface area contributed by atoms with Crippen LogP contribution in [0.3, 0.4) is 0 Å². The van der Waals surface area contributed by atoms with Gasteiger partial charge in [-0.15, -0.1) is 45.9 Å². The summed E-state index contributed by atoms with van der Waals surface area (Å²) in [6.07, 6.45) is 4.95. The Balaban J connectivity index is 0.00000364. The molecule has 0 bridgehead atoms. The molecule has 0 saturated carbocycles. The first-order valence-corrected chi connectivity index (χ1v) is 10.7. The summed E-state index contributed by atoms with van der Waals surface area (Å²) in [4.78, 5) is 5.57. The average molecular weight is 567 g/mol. The van der Waals surface area contributed by atoms with Crippen LogP contribution in [-0.4, -0.2) is 46.6 Å². The van der Waals surface area contributed by atoms with Crippen LogP contribution in [0.25, 0.3) is 0 Å². The largest absolute Gasteiger partial charge is 0.356 e. The van der Waals surface area contributed by atoms with Crippen molar-refractivity contribution in [3.8, 4) is 0 Å². The van der Waals surface area contributed by atoms with Gasteiger partial charge in [0, 0.05) is 42.5 Å². The summed E-state index contributed by atoms with van der Waals surface area (Å²) in [5, 5.41) is 14.7. The molecule has 0 atom stereocenters. The van der Waals surface area contributed by atoms with Crippen molar-refractivity contribution < 1.29 is 0 Å². The monoisotopic (exact) mass is 566 g/mol. The fraction of sp³-hybridized carbons (Fsp3) is 0.500. The highest BCUT2D eigenvalue weighted by molar-refractivity contribution is 14.0. The Bertz CT molecular complexity index is 694. The van der Waals surface area contributed by atoms with Gasteiger partial charge >= 0.3 is 0 Å². The van der Waals surface area contributed by atoms with Crippen molar-refractivity contribution in [2.24, 2.45) is 4.99 Å². The summed E-state index contributed by atoms with van der Waals surface area (Å²) in [6.45, 7) is 4.63. The van der Waals surface area contributed by atoms with Gasteiger partial charge < -0.3 is 15.2 Å². The fourth-order valence-corrected chi connectivity index (χ4v) is 4.01. The first-order chi connectivity index (χ1) is 12.7. The average Bonchev–Trinajstić information content (AvgIpc) is 3.11. The standard InChI is InChI=1S/C18H27BrN6S.HI/c1-3-17-24-23-14-25(17)12-11-22-18(20-2)21-10-6-7-13-26-16-9-5-4-8-15(16)19;/h4-5,8-9,14H,3,6-7,10-13H2,1-2H3,(H2,20,21,22);1H. The minimum atomic E-state index is 0. The molecule has 2 rings (SSSR count). The second-order valence-corrected chi connectivity index (χ2v) is 7.70. The third-order valence-electron chi connectivity index (χ3n) is 3.84. The molecule has 1 aromatic heterocycles. The van der Waals surface area contributed by atoms with Crippen LogP contribution in [0.1, 0.15) is 25.6 Å². The second-order valence-electron chi connectivity index (χ2n) is 5.71. The van der Waals surface area contributed by atoms with Gasteiger partial charge in [-0.05, 0) is 46.7 Å². The number of unbranched alkanes of at least 4 members (excludes halogenated alkanes) is 1. The lowest BCUT2D eigenvalue weighted by atomic mass is 10.3. The first kappa shape index (κ1) is 24.2. The maximum atomic E-state index is 4.27. The summed E-state index contributed by atoms with van der Waals surface area (Å²) in [7, 11) is 1.80. The van der Waals surface area contributed by atoms with E-state index in [0.29, 0.717) is 0 Å². The molecule has 2 N–H and O–H groups in total. The van der Waals surface area contributed by atoms with Crippen LogP contribution in [0.15, 0.2) is 45.0 Å². The van der Waals surface area contributed by atoms with Gasteiger partial charge in [0.2, 0.25) is 0 Å². The highest BCUT2D eigenvalue weighted by atomic mass is 127. The topological polar surface area (TPSA) is 67.1 Å². The number of aryl methyl sites for hydroxylation is 1. The normalized spacial score (nSPS) is 11.1. The zero-order valence-corrected chi connectivity index (χ0v) is 20.6. The van der Waals surface area contributed by atoms with E-state index in [1.807, 2.05) is 17.8 Å². The van der Waals surface area contributed by atoms with Crippen molar-refractivity contribution in [2.75, 3.05) is 25.9 Å². The quantitative estimate of drug-likeness (QED) is 0.150. The Morgan fingerprint density at radius 1 is 1.22 bits per heavy atom. The van der Waals surface area contributed by atoms with Crippen LogP contribution in [-0.2, 0) is 13.0 Å². The number of thioether (sulfide) groups is 1. The van der Waals surface area contributed by atoms with E-state index >= 15 is 0 Å². The molecule has 0 aliphatic rings. The van der Waals surface area contributed by atoms with Crippen LogP contribution in [0.5, 0.6) is 0 Å². The lowest BCUT2D eigenvalue weighted by molar-refractivity contribution is 0.630. The van der Waals surface area contributed by atoms with Gasteiger partial charge in [-0.1, -0.05) is 19.1 Å². The highest BCUT2D eigenvalue weighted by Gasteiger charge is 2.02. The van der Waals surface area contributed by atoms with Gasteiger partial charge in [0.15, 0.2) is 5.96 Å². The highest BCUT2D eigenvalue weighted by Crippen LogP contribution is 2.27. The summed E-state index contributed by atoms with van der Waals surface area (Å²) in [6, 6.07) is 8.36. The van der Waals surface area contributed by atoms with E-state index in [4.69, 9.17) is 0 Å². The molecule has 0 saturated heterocycles. The molecule has 9 heteroatoms. The first-order valence-electron chi connectivity index (χ1n) is 8.93. The summed E-state index contributed by atoms with van der Waals surface area (Å²) in [5.74, 6) is 2.97. The minimum absolute atomic E-state index is 0. The summed E-state index contributed by atoms with van der Waals surface area (Å²) < 4.78 is 3.24. The van der Waals surface area contributed by atoms with E-state index in [0.717, 1.165) is 56.4 Å². The third-order valence-corrected chi connectivity index (χ3v) is 5.95. The van der Waals surface area contributed by atoms with Gasteiger partial charge in [0.1, 0.15) is 12.2 Å². The van der Waals surface area contributed by atoms with Gasteiger partial charge in [0.25, 0.3) is 0 Å². The predicted molar refractivity (Wildman–Crippen MR) is 128 cm³/mol. The molecular weight excluding hydrogens is 539 g/mol. The van der Waals surface area contributed by atoms with E-state index in [2.05, 4.69) is 71.4 Å². The van der Waals surface area contributed by atoms with Crippen LogP contribution in [0.2, 0.25) is 0 Å². The second kappa shape index (κ2) is 14.2. The number of nitrogens with zero attached hydrogens (tertiary/aromatic N) is 4. The number of nitrogens with one attached hydrogen (secondary N) is 2. The summed E-state index contributed by atoms with van der Waals surface area (Å²) in [5.41, 5.74) is 0. The Hall–Kier alpha value is -0.810. The van der Waals surface area contributed by atoms with Crippen LogP contribution in [0, 0.1) is 0 Å². The zero-order valence-electron chi connectivity index (χ0n) is 15.8. The Morgan fingerprint density at radius 2 is 2.00 bits per heavy atom. The van der Waals surface area contributed by atoms with Crippen molar-refractivity contribution in [1.82, 2.24) is 25.4 Å². The molecule has 0 unspecified atom stereocenters. The van der Waals surface area contributed by atoms with Gasteiger partial charge in [-0.2, -0.15) is 0 Å². The lowest BCUT2D eigenvalue weighted by Gasteiger charge is -2.12. The number of hydrogen-bond donors (Lipinski definition) is 2. The smallest absolute Gasteiger partial charge is 0.191 e. The van der Waals surface area contributed by atoms with Crippen molar-refractivity contribution in [3.63, 3.8) is 0 Å². The molecule has 1 aromatic carbocycles. The predicted octanol–water partition coefficient (Wildman–Crippen LogP) is 3.96.